The van der Waals surface area contributed by atoms with Gasteiger partial charge in [-0.2, -0.15) is 13.2 Å². The van der Waals surface area contributed by atoms with Crippen molar-refractivity contribution >= 4 is 40.4 Å². The summed E-state index contributed by atoms with van der Waals surface area (Å²) in [6, 6.07) is 7.74. The van der Waals surface area contributed by atoms with E-state index in [0.717, 1.165) is 5.56 Å². The highest BCUT2D eigenvalue weighted by atomic mass is 19.4. The van der Waals surface area contributed by atoms with E-state index in [1.807, 2.05) is 0 Å². The number of nitrogens with zero attached hydrogens (tertiary/aromatic N) is 2. The molecule has 4 N–H and O–H groups in total. The van der Waals surface area contributed by atoms with Crippen LogP contribution < -0.4 is 21.3 Å². The molecule has 0 aliphatic carbocycles. The van der Waals surface area contributed by atoms with Crippen molar-refractivity contribution in [1.29, 1.82) is 0 Å². The van der Waals surface area contributed by atoms with E-state index in [4.69, 9.17) is 0 Å². The number of carbonyl (C=O) groups is 2. The molecule has 0 fully saturated rings. The fraction of sp³-hybridized carbons (Fsp3) is 0.143. The molecule has 1 aromatic carbocycles. The number of amides is 2. The third kappa shape index (κ3) is 4.31. The molecule has 1 aliphatic heterocycles. The number of nitrogens with one attached hydrogen (secondary N) is 4. The zero-order valence-corrected chi connectivity index (χ0v) is 16.7. The van der Waals surface area contributed by atoms with Crippen molar-refractivity contribution in [2.24, 2.45) is 0 Å². The minimum Gasteiger partial charge on any atom is -0.355 e. The van der Waals surface area contributed by atoms with E-state index in [1.54, 1.807) is 18.2 Å². The Hall–Kier alpha value is -4.15. The van der Waals surface area contributed by atoms with Crippen LogP contribution in [0.3, 0.4) is 0 Å². The topological polar surface area (TPSA) is 108 Å². The molecule has 2 amide bonds. The molecule has 32 heavy (non-hydrogen) atoms. The van der Waals surface area contributed by atoms with Crippen LogP contribution in [-0.2, 0) is 17.4 Å². The lowest BCUT2D eigenvalue weighted by Crippen LogP contribution is -2.19. The zero-order valence-electron chi connectivity index (χ0n) is 16.7. The number of benzene rings is 1. The van der Waals surface area contributed by atoms with Crippen LogP contribution in [0.4, 0.5) is 41.7 Å². The van der Waals surface area contributed by atoms with Crippen LogP contribution in [0.25, 0.3) is 0 Å². The summed E-state index contributed by atoms with van der Waals surface area (Å²) in [5.74, 6) is -0.484. The number of rotatable bonds is 5. The van der Waals surface area contributed by atoms with Crippen LogP contribution in [-0.4, -0.2) is 28.8 Å². The Morgan fingerprint density at radius 2 is 1.91 bits per heavy atom. The van der Waals surface area contributed by atoms with Crippen LogP contribution in [0.15, 0.2) is 48.9 Å². The predicted octanol–water partition coefficient (Wildman–Crippen LogP) is 3.84. The van der Waals surface area contributed by atoms with Gasteiger partial charge >= 0.3 is 6.18 Å². The number of hydrogen-bond donors (Lipinski definition) is 4. The summed E-state index contributed by atoms with van der Waals surface area (Å²) < 4.78 is 40.8. The molecule has 0 saturated heterocycles. The van der Waals surface area contributed by atoms with Crippen molar-refractivity contribution in [2.75, 3.05) is 23.0 Å². The number of halogens is 3. The molecule has 0 saturated carbocycles. The lowest BCUT2D eigenvalue weighted by molar-refractivity contribution is -0.137. The Balaban J connectivity index is 1.68. The third-order valence-electron chi connectivity index (χ3n) is 4.78. The maximum absolute atomic E-state index is 13.6. The molecule has 3 aromatic rings. The van der Waals surface area contributed by atoms with Gasteiger partial charge in [-0.25, -0.2) is 4.98 Å². The van der Waals surface area contributed by atoms with Crippen molar-refractivity contribution in [3.8, 4) is 0 Å². The summed E-state index contributed by atoms with van der Waals surface area (Å²) in [6.45, 7) is 0. The molecule has 1 aliphatic rings. The number of hydrogen-bond acceptors (Lipinski definition) is 6. The number of carbonyl (C=O) groups excluding carboxylic acids is 2. The van der Waals surface area contributed by atoms with E-state index in [2.05, 4.69) is 31.2 Å². The number of pyridine rings is 2. The molecule has 11 heteroatoms. The fourth-order valence-electron chi connectivity index (χ4n) is 3.26. The first-order chi connectivity index (χ1) is 15.2. The Morgan fingerprint density at radius 1 is 1.09 bits per heavy atom. The van der Waals surface area contributed by atoms with E-state index in [0.29, 0.717) is 17.6 Å². The summed E-state index contributed by atoms with van der Waals surface area (Å²) in [7, 11) is 1.41. The van der Waals surface area contributed by atoms with Gasteiger partial charge in [0.2, 0.25) is 5.91 Å². The van der Waals surface area contributed by atoms with Crippen LogP contribution in [0, 0.1) is 0 Å². The van der Waals surface area contributed by atoms with Gasteiger partial charge in [0.15, 0.2) is 0 Å². The minimum absolute atomic E-state index is 0.0869. The average molecular weight is 442 g/mol. The fourth-order valence-corrected chi connectivity index (χ4v) is 3.26. The molecule has 164 valence electrons. The van der Waals surface area contributed by atoms with Gasteiger partial charge < -0.3 is 21.3 Å². The number of fused-ring (bicyclic) bond motifs is 1. The van der Waals surface area contributed by atoms with Crippen molar-refractivity contribution in [3.05, 3.63) is 65.6 Å². The van der Waals surface area contributed by atoms with Gasteiger partial charge in [0, 0.05) is 43.1 Å². The van der Waals surface area contributed by atoms with Crippen molar-refractivity contribution in [1.82, 2.24) is 15.3 Å². The van der Waals surface area contributed by atoms with Crippen LogP contribution in [0.2, 0.25) is 0 Å². The molecular formula is C21H17F3N6O2. The molecule has 4 rings (SSSR count). The van der Waals surface area contributed by atoms with Gasteiger partial charge in [-0.05, 0) is 23.8 Å². The minimum atomic E-state index is -4.67. The summed E-state index contributed by atoms with van der Waals surface area (Å²) in [5.41, 5.74) is 0.967. The largest absolute Gasteiger partial charge is 0.419 e. The second-order valence-corrected chi connectivity index (χ2v) is 6.96. The summed E-state index contributed by atoms with van der Waals surface area (Å²) >= 11 is 0. The predicted molar refractivity (Wildman–Crippen MR) is 112 cm³/mol. The molecule has 8 nitrogen and oxygen atoms in total. The maximum atomic E-state index is 13.6. The monoisotopic (exact) mass is 442 g/mol. The number of anilines is 5. The van der Waals surface area contributed by atoms with Gasteiger partial charge in [-0.3, -0.25) is 14.6 Å². The Bertz CT molecular complexity index is 1210. The molecule has 0 unspecified atom stereocenters. The molecule has 0 atom stereocenters. The summed E-state index contributed by atoms with van der Waals surface area (Å²) in [4.78, 5) is 31.3. The lowest BCUT2D eigenvalue weighted by Gasteiger charge is -2.17. The number of alkyl halides is 3. The first-order valence-corrected chi connectivity index (χ1v) is 9.45. The van der Waals surface area contributed by atoms with Gasteiger partial charge in [0.1, 0.15) is 5.82 Å². The maximum Gasteiger partial charge on any atom is 0.419 e. The van der Waals surface area contributed by atoms with Gasteiger partial charge in [0.05, 0.1) is 28.9 Å². The van der Waals surface area contributed by atoms with E-state index in [-0.39, 0.29) is 35.1 Å². The Kier molecular flexibility index (Phi) is 5.39. The standard InChI is InChI=1S/C21H17F3N6O2/c1-25-20(32)13-9-26-5-4-15(13)29-17-8-18(27-10-14(17)21(22,23)24)28-12-3-2-11-6-19(31)30-16(11)7-12/h2-5,7-10H,6H2,1H3,(H,25,32)(H,30,31)(H2,26,27,28,29). The Morgan fingerprint density at radius 3 is 2.66 bits per heavy atom. The second kappa shape index (κ2) is 8.17. The normalized spacial score (nSPS) is 12.7. The molecule has 0 bridgehead atoms. The molecule has 0 spiro atoms. The molecule has 0 radical (unpaired) electrons. The van der Waals surface area contributed by atoms with E-state index < -0.39 is 17.6 Å². The van der Waals surface area contributed by atoms with Gasteiger partial charge in [0.25, 0.3) is 5.91 Å². The van der Waals surface area contributed by atoms with Crippen molar-refractivity contribution < 1.29 is 22.8 Å². The van der Waals surface area contributed by atoms with Crippen LogP contribution >= 0.6 is 0 Å². The van der Waals surface area contributed by atoms with Crippen LogP contribution in [0.1, 0.15) is 21.5 Å². The van der Waals surface area contributed by atoms with Crippen LogP contribution in [0.5, 0.6) is 0 Å². The molecule has 3 heterocycles. The SMILES string of the molecule is CNC(=O)c1cnccc1Nc1cc(Nc2ccc3c(c2)NC(=O)C3)ncc1C(F)(F)F. The molecular weight excluding hydrogens is 425 g/mol. The number of aromatic nitrogens is 2. The van der Waals surface area contributed by atoms with Crippen molar-refractivity contribution in [2.45, 2.75) is 12.6 Å². The zero-order chi connectivity index (χ0) is 22.9. The lowest BCUT2D eigenvalue weighted by atomic mass is 10.1. The summed E-state index contributed by atoms with van der Waals surface area (Å²) in [5, 5.41) is 10.8. The third-order valence-corrected chi connectivity index (χ3v) is 4.78. The molecule has 2 aromatic heterocycles. The second-order valence-electron chi connectivity index (χ2n) is 6.96. The first kappa shape index (κ1) is 21.1. The highest BCUT2D eigenvalue weighted by Gasteiger charge is 2.34. The summed E-state index contributed by atoms with van der Waals surface area (Å²) in [6.07, 6.45) is -1.07. The van der Waals surface area contributed by atoms with E-state index >= 15 is 0 Å². The highest BCUT2D eigenvalue weighted by Crippen LogP contribution is 2.38. The first-order valence-electron chi connectivity index (χ1n) is 9.45. The smallest absolute Gasteiger partial charge is 0.355 e. The van der Waals surface area contributed by atoms with Gasteiger partial charge in [-0.15, -0.1) is 0 Å². The van der Waals surface area contributed by atoms with E-state index in [1.165, 1.54) is 31.6 Å². The van der Waals surface area contributed by atoms with Gasteiger partial charge in [-0.1, -0.05) is 6.07 Å². The Labute approximate surface area is 180 Å². The van der Waals surface area contributed by atoms with E-state index in [9.17, 15) is 22.8 Å². The quantitative estimate of drug-likeness (QED) is 0.478. The highest BCUT2D eigenvalue weighted by molar-refractivity contribution is 6.00. The van der Waals surface area contributed by atoms with Crippen molar-refractivity contribution in [3.63, 3.8) is 0 Å². The average Bonchev–Trinajstić information content (AvgIpc) is 3.12.